The number of hydrogen-bond donors (Lipinski definition) is 2. The summed E-state index contributed by atoms with van der Waals surface area (Å²) in [6.07, 6.45) is 0.843. The van der Waals surface area contributed by atoms with E-state index in [0.29, 0.717) is 18.4 Å². The van der Waals surface area contributed by atoms with Crippen molar-refractivity contribution in [1.29, 1.82) is 0 Å². The normalized spacial score (nSPS) is 25.3. The Morgan fingerprint density at radius 1 is 1.26 bits per heavy atom. The zero-order valence-electron chi connectivity index (χ0n) is 13.1. The van der Waals surface area contributed by atoms with Crippen molar-refractivity contribution in [2.45, 2.75) is 25.6 Å². The fourth-order valence-corrected chi connectivity index (χ4v) is 3.15. The SMILES string of the molecule is CC[C@@H]1CN2C(=O)N(C)C3=NC(c4ccccc4)NC3=C2N1.Cl. The van der Waals surface area contributed by atoms with E-state index >= 15 is 0 Å². The molecule has 1 saturated heterocycles. The van der Waals surface area contributed by atoms with E-state index in [1.165, 1.54) is 0 Å². The third-order valence-corrected chi connectivity index (χ3v) is 4.45. The number of aliphatic imine (C=N–C) groups is 1. The number of likely N-dealkylation sites (N-methyl/N-ethyl adjacent to an activating group) is 1. The van der Waals surface area contributed by atoms with E-state index in [-0.39, 0.29) is 24.6 Å². The second-order valence-corrected chi connectivity index (χ2v) is 5.84. The Balaban J connectivity index is 0.00000156. The van der Waals surface area contributed by atoms with Gasteiger partial charge in [0, 0.05) is 19.6 Å². The molecule has 1 aromatic carbocycles. The van der Waals surface area contributed by atoms with Crippen LogP contribution in [0.5, 0.6) is 0 Å². The Hall–Kier alpha value is -2.21. The summed E-state index contributed by atoms with van der Waals surface area (Å²) in [5, 5.41) is 6.91. The molecule has 2 atom stereocenters. The van der Waals surface area contributed by atoms with Crippen LogP contribution >= 0.6 is 12.4 Å². The van der Waals surface area contributed by atoms with Crippen molar-refractivity contribution in [3.8, 4) is 0 Å². The predicted molar refractivity (Wildman–Crippen MR) is 91.1 cm³/mol. The largest absolute Gasteiger partial charge is 0.365 e. The van der Waals surface area contributed by atoms with Crippen LogP contribution in [-0.2, 0) is 0 Å². The van der Waals surface area contributed by atoms with Crippen molar-refractivity contribution >= 4 is 24.3 Å². The number of amidine groups is 1. The lowest BCUT2D eigenvalue weighted by molar-refractivity contribution is 0.196. The number of rotatable bonds is 2. The number of halogens is 1. The molecule has 122 valence electrons. The number of hydrogen-bond acceptors (Lipinski definition) is 4. The number of urea groups is 1. The van der Waals surface area contributed by atoms with Gasteiger partial charge in [-0.3, -0.25) is 9.80 Å². The van der Waals surface area contributed by atoms with E-state index in [4.69, 9.17) is 4.99 Å². The smallest absolute Gasteiger partial charge is 0.331 e. The van der Waals surface area contributed by atoms with E-state index < -0.39 is 0 Å². The summed E-state index contributed by atoms with van der Waals surface area (Å²) in [4.78, 5) is 20.7. The van der Waals surface area contributed by atoms with Crippen molar-refractivity contribution in [3.05, 3.63) is 47.4 Å². The minimum Gasteiger partial charge on any atom is -0.365 e. The van der Waals surface area contributed by atoms with Gasteiger partial charge >= 0.3 is 6.03 Å². The summed E-state index contributed by atoms with van der Waals surface area (Å²) in [5.74, 6) is 1.58. The maximum Gasteiger partial charge on any atom is 0.331 e. The van der Waals surface area contributed by atoms with Crippen LogP contribution in [0.15, 0.2) is 46.8 Å². The molecule has 23 heavy (non-hydrogen) atoms. The molecule has 1 aromatic rings. The van der Waals surface area contributed by atoms with Gasteiger partial charge in [-0.2, -0.15) is 0 Å². The fourth-order valence-electron chi connectivity index (χ4n) is 3.15. The standard InChI is InChI=1S/C16H19N5O.ClH/c1-3-11-9-21-15(17-11)12-14(20(2)16(21)22)19-13(18-12)10-7-5-4-6-8-10;/h4-8,11,13,17-18H,3,9H2,1-2H3;1H/t11-,13?;/m1./s1. The molecule has 3 aliphatic rings. The summed E-state index contributed by atoms with van der Waals surface area (Å²) >= 11 is 0. The van der Waals surface area contributed by atoms with E-state index in [1.54, 1.807) is 11.9 Å². The quantitative estimate of drug-likeness (QED) is 0.870. The lowest BCUT2D eigenvalue weighted by Gasteiger charge is -2.31. The zero-order valence-corrected chi connectivity index (χ0v) is 13.9. The van der Waals surface area contributed by atoms with Gasteiger partial charge in [0.1, 0.15) is 17.7 Å². The number of nitrogens with zero attached hydrogens (tertiary/aromatic N) is 3. The molecule has 6 nitrogen and oxygen atoms in total. The average Bonchev–Trinajstić information content (AvgIpc) is 3.17. The molecule has 1 unspecified atom stereocenters. The third kappa shape index (κ3) is 2.34. The summed E-state index contributed by atoms with van der Waals surface area (Å²) < 4.78 is 0. The number of carbonyl (C=O) groups is 1. The molecule has 2 N–H and O–H groups in total. The highest BCUT2D eigenvalue weighted by atomic mass is 35.5. The zero-order chi connectivity index (χ0) is 15.3. The van der Waals surface area contributed by atoms with Gasteiger partial charge in [0.15, 0.2) is 5.84 Å². The van der Waals surface area contributed by atoms with Crippen LogP contribution in [0, 0.1) is 0 Å². The van der Waals surface area contributed by atoms with Crippen LogP contribution in [0.2, 0.25) is 0 Å². The van der Waals surface area contributed by atoms with Crippen LogP contribution in [0.25, 0.3) is 0 Å². The number of amides is 2. The number of fused-ring (bicyclic) bond motifs is 2. The van der Waals surface area contributed by atoms with E-state index in [0.717, 1.165) is 23.5 Å². The molecule has 0 spiro atoms. The maximum atomic E-state index is 12.5. The summed E-state index contributed by atoms with van der Waals surface area (Å²) in [6.45, 7) is 2.84. The number of nitrogens with one attached hydrogen (secondary N) is 2. The Bertz CT molecular complexity index is 687. The molecule has 0 radical (unpaired) electrons. The van der Waals surface area contributed by atoms with Crippen molar-refractivity contribution in [2.75, 3.05) is 13.6 Å². The molecule has 2 amide bonds. The Kier molecular flexibility index (Phi) is 3.93. The predicted octanol–water partition coefficient (Wildman–Crippen LogP) is 2.03. The first-order valence-corrected chi connectivity index (χ1v) is 7.64. The first-order chi connectivity index (χ1) is 10.7. The highest BCUT2D eigenvalue weighted by Crippen LogP contribution is 2.31. The Morgan fingerprint density at radius 3 is 2.70 bits per heavy atom. The summed E-state index contributed by atoms with van der Waals surface area (Å²) in [5.41, 5.74) is 2.02. The van der Waals surface area contributed by atoms with Gasteiger partial charge in [-0.25, -0.2) is 9.79 Å². The van der Waals surface area contributed by atoms with Crippen molar-refractivity contribution in [2.24, 2.45) is 4.99 Å². The van der Waals surface area contributed by atoms with Gasteiger partial charge in [0.25, 0.3) is 0 Å². The van der Waals surface area contributed by atoms with E-state index in [2.05, 4.69) is 17.6 Å². The second kappa shape index (κ2) is 5.77. The Morgan fingerprint density at radius 2 is 2.00 bits per heavy atom. The molecule has 0 bridgehead atoms. The molecule has 3 heterocycles. The minimum atomic E-state index is -0.142. The Labute approximate surface area is 141 Å². The molecule has 0 saturated carbocycles. The van der Waals surface area contributed by atoms with Crippen LogP contribution in [-0.4, -0.2) is 41.3 Å². The number of carbonyl (C=O) groups excluding carboxylic acids is 1. The van der Waals surface area contributed by atoms with Crippen molar-refractivity contribution in [1.82, 2.24) is 20.4 Å². The highest BCUT2D eigenvalue weighted by molar-refractivity contribution is 6.11. The van der Waals surface area contributed by atoms with Crippen molar-refractivity contribution < 1.29 is 4.79 Å². The van der Waals surface area contributed by atoms with Crippen LogP contribution in [0.4, 0.5) is 4.79 Å². The second-order valence-electron chi connectivity index (χ2n) is 5.84. The summed E-state index contributed by atoms with van der Waals surface area (Å²) in [7, 11) is 1.78. The summed E-state index contributed by atoms with van der Waals surface area (Å²) in [6, 6.07) is 10.4. The van der Waals surface area contributed by atoms with Gasteiger partial charge in [-0.15, -0.1) is 12.4 Å². The topological polar surface area (TPSA) is 60.0 Å². The van der Waals surface area contributed by atoms with Gasteiger partial charge < -0.3 is 10.6 Å². The first-order valence-electron chi connectivity index (χ1n) is 7.64. The van der Waals surface area contributed by atoms with E-state index in [9.17, 15) is 4.79 Å². The van der Waals surface area contributed by atoms with Gasteiger partial charge in [-0.05, 0) is 12.0 Å². The highest BCUT2D eigenvalue weighted by Gasteiger charge is 2.43. The van der Waals surface area contributed by atoms with Gasteiger partial charge in [0.2, 0.25) is 0 Å². The first kappa shape index (κ1) is 15.7. The molecular formula is C16H20ClN5O. The van der Waals surface area contributed by atoms with Gasteiger partial charge in [-0.1, -0.05) is 37.3 Å². The van der Waals surface area contributed by atoms with E-state index in [1.807, 2.05) is 35.2 Å². The maximum absolute atomic E-state index is 12.5. The monoisotopic (exact) mass is 333 g/mol. The van der Waals surface area contributed by atoms with Crippen LogP contribution in [0.3, 0.4) is 0 Å². The molecule has 4 rings (SSSR count). The lowest BCUT2D eigenvalue weighted by atomic mass is 10.2. The molecule has 0 aromatic heterocycles. The number of benzene rings is 1. The van der Waals surface area contributed by atoms with Crippen LogP contribution < -0.4 is 10.6 Å². The molecular weight excluding hydrogens is 314 g/mol. The lowest BCUT2D eigenvalue weighted by Crippen LogP contribution is -2.49. The molecule has 0 aliphatic carbocycles. The molecule has 3 aliphatic heterocycles. The molecule has 1 fully saturated rings. The molecule has 7 heteroatoms. The van der Waals surface area contributed by atoms with Crippen LogP contribution in [0.1, 0.15) is 25.1 Å². The van der Waals surface area contributed by atoms with Gasteiger partial charge in [0.05, 0.1) is 0 Å². The third-order valence-electron chi connectivity index (χ3n) is 4.45. The average molecular weight is 334 g/mol. The van der Waals surface area contributed by atoms with Crippen molar-refractivity contribution in [3.63, 3.8) is 0 Å². The minimum absolute atomic E-state index is 0. The fraction of sp³-hybridized carbons (Fsp3) is 0.375.